The Morgan fingerprint density at radius 2 is 2.00 bits per heavy atom. The Balaban J connectivity index is 1.78. The highest BCUT2D eigenvalue weighted by molar-refractivity contribution is 7.92. The third-order valence-electron chi connectivity index (χ3n) is 3.74. The fraction of sp³-hybridized carbons (Fsp3) is 0.333. The lowest BCUT2D eigenvalue weighted by Crippen LogP contribution is -2.23. The molecule has 0 aliphatic carbocycles. The minimum atomic E-state index is -3.67. The quantitative estimate of drug-likeness (QED) is 0.904. The molecule has 2 aromatic rings. The van der Waals surface area contributed by atoms with Gasteiger partial charge < -0.3 is 4.90 Å². The molecule has 0 atom stereocenters. The van der Waals surface area contributed by atoms with Gasteiger partial charge >= 0.3 is 0 Å². The number of aryl methyl sites for hydroxylation is 1. The van der Waals surface area contributed by atoms with Crippen LogP contribution in [-0.4, -0.2) is 30.7 Å². The maximum Gasteiger partial charge on any atom is 0.261 e. The number of anilines is 2. The molecular formula is C15H18N4O3S. The van der Waals surface area contributed by atoms with Gasteiger partial charge in [0.15, 0.2) is 0 Å². The lowest BCUT2D eigenvalue weighted by atomic mass is 10.3. The van der Waals surface area contributed by atoms with Crippen molar-refractivity contribution in [3.8, 4) is 0 Å². The van der Waals surface area contributed by atoms with Gasteiger partial charge in [0.05, 0.1) is 16.8 Å². The van der Waals surface area contributed by atoms with Crippen molar-refractivity contribution in [3.05, 3.63) is 36.7 Å². The third-order valence-corrected chi connectivity index (χ3v) is 5.14. The molecule has 1 aromatic heterocycles. The van der Waals surface area contributed by atoms with Crippen LogP contribution in [0.5, 0.6) is 0 Å². The number of aromatic nitrogens is 2. The number of benzene rings is 1. The van der Waals surface area contributed by atoms with Crippen LogP contribution in [0.25, 0.3) is 0 Å². The highest BCUT2D eigenvalue weighted by atomic mass is 32.2. The summed E-state index contributed by atoms with van der Waals surface area (Å²) in [6.45, 7) is 3.27. The molecule has 1 aliphatic rings. The highest BCUT2D eigenvalue weighted by Gasteiger charge is 2.22. The first-order valence-corrected chi connectivity index (χ1v) is 8.93. The molecular weight excluding hydrogens is 316 g/mol. The summed E-state index contributed by atoms with van der Waals surface area (Å²) in [5.41, 5.74) is 1.15. The van der Waals surface area contributed by atoms with Gasteiger partial charge in [0.2, 0.25) is 5.91 Å². The number of amides is 1. The predicted molar refractivity (Wildman–Crippen MR) is 86.7 cm³/mol. The molecule has 1 aliphatic heterocycles. The van der Waals surface area contributed by atoms with Gasteiger partial charge in [0, 0.05) is 31.4 Å². The standard InChI is InChI=1S/C15H18N4O3S/c1-2-18-11-12(10-16-18)17-23(21,22)14-7-5-13(6-8-14)19-9-3-4-15(19)20/h5-8,10-11,17H,2-4,9H2,1H3. The van der Waals surface area contributed by atoms with Gasteiger partial charge in [-0.15, -0.1) is 0 Å². The summed E-state index contributed by atoms with van der Waals surface area (Å²) in [5, 5.41) is 4.03. The summed E-state index contributed by atoms with van der Waals surface area (Å²) in [6, 6.07) is 6.33. The molecule has 1 fully saturated rings. The average Bonchev–Trinajstić information content (AvgIpc) is 3.16. The Morgan fingerprint density at radius 3 is 2.57 bits per heavy atom. The molecule has 8 heteroatoms. The van der Waals surface area contributed by atoms with Gasteiger partial charge in [-0.25, -0.2) is 8.42 Å². The van der Waals surface area contributed by atoms with Crippen LogP contribution >= 0.6 is 0 Å². The van der Waals surface area contributed by atoms with Crippen molar-refractivity contribution in [2.45, 2.75) is 31.2 Å². The molecule has 122 valence electrons. The van der Waals surface area contributed by atoms with Crippen LogP contribution in [0.15, 0.2) is 41.6 Å². The summed E-state index contributed by atoms with van der Waals surface area (Å²) >= 11 is 0. The number of nitrogens with one attached hydrogen (secondary N) is 1. The Kier molecular flexibility index (Phi) is 4.08. The molecule has 23 heavy (non-hydrogen) atoms. The number of sulfonamides is 1. The Hall–Kier alpha value is -2.35. The SMILES string of the molecule is CCn1cc(NS(=O)(=O)c2ccc(N3CCCC3=O)cc2)cn1. The van der Waals surface area contributed by atoms with Gasteiger partial charge in [0.25, 0.3) is 10.0 Å². The Bertz CT molecular complexity index is 812. The minimum absolute atomic E-state index is 0.0747. The fourth-order valence-corrected chi connectivity index (χ4v) is 3.56. The Labute approximate surface area is 135 Å². The second kappa shape index (κ2) is 6.04. The first kappa shape index (κ1) is 15.5. The van der Waals surface area contributed by atoms with E-state index in [-0.39, 0.29) is 10.8 Å². The predicted octanol–water partition coefficient (Wildman–Crippen LogP) is 1.83. The molecule has 0 saturated carbocycles. The number of carbonyl (C=O) groups excluding carboxylic acids is 1. The van der Waals surface area contributed by atoms with Crippen molar-refractivity contribution in [2.75, 3.05) is 16.2 Å². The largest absolute Gasteiger partial charge is 0.312 e. The zero-order valence-corrected chi connectivity index (χ0v) is 13.6. The molecule has 3 rings (SSSR count). The number of hydrogen-bond donors (Lipinski definition) is 1. The maximum atomic E-state index is 12.4. The molecule has 0 unspecified atom stereocenters. The van der Waals surface area contributed by atoms with E-state index in [1.165, 1.54) is 18.3 Å². The lowest BCUT2D eigenvalue weighted by Gasteiger charge is -2.16. The van der Waals surface area contributed by atoms with E-state index >= 15 is 0 Å². The number of nitrogens with zero attached hydrogens (tertiary/aromatic N) is 3. The Morgan fingerprint density at radius 1 is 1.26 bits per heavy atom. The molecule has 0 bridgehead atoms. The van der Waals surface area contributed by atoms with Gasteiger partial charge in [-0.05, 0) is 37.6 Å². The first-order chi connectivity index (χ1) is 11.0. The van der Waals surface area contributed by atoms with Crippen LogP contribution in [0.3, 0.4) is 0 Å². The first-order valence-electron chi connectivity index (χ1n) is 7.45. The maximum absolute atomic E-state index is 12.4. The topological polar surface area (TPSA) is 84.3 Å². The van der Waals surface area contributed by atoms with Gasteiger partial charge in [-0.1, -0.05) is 0 Å². The smallest absolute Gasteiger partial charge is 0.261 e. The van der Waals surface area contributed by atoms with Gasteiger partial charge in [0.1, 0.15) is 0 Å². The summed E-state index contributed by atoms with van der Waals surface area (Å²) in [5.74, 6) is 0.0747. The van der Waals surface area contributed by atoms with Crippen LogP contribution in [0.2, 0.25) is 0 Å². The molecule has 1 saturated heterocycles. The third kappa shape index (κ3) is 3.21. The monoisotopic (exact) mass is 334 g/mol. The van der Waals surface area contributed by atoms with E-state index in [9.17, 15) is 13.2 Å². The highest BCUT2D eigenvalue weighted by Crippen LogP contribution is 2.23. The second-order valence-electron chi connectivity index (χ2n) is 5.33. The molecule has 0 spiro atoms. The summed E-state index contributed by atoms with van der Waals surface area (Å²) in [7, 11) is -3.67. The number of rotatable bonds is 5. The van der Waals surface area contributed by atoms with Gasteiger partial charge in [-0.3, -0.25) is 14.2 Å². The number of carbonyl (C=O) groups is 1. The lowest BCUT2D eigenvalue weighted by molar-refractivity contribution is -0.117. The van der Waals surface area contributed by atoms with Crippen LogP contribution in [0.4, 0.5) is 11.4 Å². The van der Waals surface area contributed by atoms with E-state index in [4.69, 9.17) is 0 Å². The average molecular weight is 334 g/mol. The normalized spacial score (nSPS) is 15.2. The minimum Gasteiger partial charge on any atom is -0.312 e. The summed E-state index contributed by atoms with van der Waals surface area (Å²) in [4.78, 5) is 13.5. The van der Waals surface area contributed by atoms with Crippen molar-refractivity contribution >= 4 is 27.3 Å². The molecule has 1 amide bonds. The van der Waals surface area contributed by atoms with E-state index in [2.05, 4.69) is 9.82 Å². The van der Waals surface area contributed by atoms with Crippen molar-refractivity contribution in [1.29, 1.82) is 0 Å². The number of hydrogen-bond acceptors (Lipinski definition) is 4. The van der Waals surface area contributed by atoms with E-state index in [1.54, 1.807) is 27.9 Å². The molecule has 1 aromatic carbocycles. The van der Waals surface area contributed by atoms with E-state index in [0.29, 0.717) is 25.2 Å². The zero-order valence-electron chi connectivity index (χ0n) is 12.8. The fourth-order valence-electron chi connectivity index (χ4n) is 2.53. The molecule has 0 radical (unpaired) electrons. The molecule has 2 heterocycles. The van der Waals surface area contributed by atoms with E-state index < -0.39 is 10.0 Å². The van der Waals surface area contributed by atoms with Crippen molar-refractivity contribution in [1.82, 2.24) is 9.78 Å². The summed E-state index contributed by atoms with van der Waals surface area (Å²) < 4.78 is 28.9. The molecule has 7 nitrogen and oxygen atoms in total. The zero-order chi connectivity index (χ0) is 16.4. The van der Waals surface area contributed by atoms with Crippen molar-refractivity contribution in [2.24, 2.45) is 0 Å². The summed E-state index contributed by atoms with van der Waals surface area (Å²) in [6.07, 6.45) is 4.48. The van der Waals surface area contributed by atoms with E-state index in [0.717, 1.165) is 12.1 Å². The second-order valence-corrected chi connectivity index (χ2v) is 7.02. The van der Waals surface area contributed by atoms with Crippen LogP contribution in [0.1, 0.15) is 19.8 Å². The van der Waals surface area contributed by atoms with Crippen LogP contribution in [0, 0.1) is 0 Å². The van der Waals surface area contributed by atoms with Crippen LogP contribution in [-0.2, 0) is 21.4 Å². The van der Waals surface area contributed by atoms with E-state index in [1.807, 2.05) is 6.92 Å². The van der Waals surface area contributed by atoms with Crippen molar-refractivity contribution < 1.29 is 13.2 Å². The van der Waals surface area contributed by atoms with Crippen molar-refractivity contribution in [3.63, 3.8) is 0 Å². The molecule has 1 N–H and O–H groups in total. The van der Waals surface area contributed by atoms with Crippen LogP contribution < -0.4 is 9.62 Å². The van der Waals surface area contributed by atoms with Gasteiger partial charge in [-0.2, -0.15) is 5.10 Å².